The predicted molar refractivity (Wildman–Crippen MR) is 190 cm³/mol. The van der Waals surface area contributed by atoms with Crippen LogP contribution in [0.4, 0.5) is 22.2 Å². The van der Waals surface area contributed by atoms with E-state index in [-0.39, 0.29) is 63.9 Å². The van der Waals surface area contributed by atoms with Crippen LogP contribution < -0.4 is 35.5 Å². The standard InChI is InChI=1S/C35H37Cl2N7O5/c1-5-28(45)39-24-11-10-22(21-8-6-7-9-21)15-25(24)40-34-38-17-23-19-43(32-30(36)26(48-3)16-27(49-4)31(32)37)35(47)44(33(23)41-34)18-20-12-13-42(2)29(46)14-20/h5-6,8-9,12-14,16-17,22,24-25H,1,7,10-11,15,18-19H2,2-4H3,(H,39,45)(H,38,40,41). The monoisotopic (exact) mass is 705 g/mol. The molecule has 1 fully saturated rings. The lowest BCUT2D eigenvalue weighted by atomic mass is 9.78. The molecule has 0 bridgehead atoms. The Bertz CT molecular complexity index is 1900. The molecule has 1 aromatic carbocycles. The quantitative estimate of drug-likeness (QED) is 0.254. The molecule has 3 aromatic rings. The number of hydrogen-bond donors (Lipinski definition) is 2. The maximum absolute atomic E-state index is 14.5. The van der Waals surface area contributed by atoms with Gasteiger partial charge in [0.25, 0.3) is 5.56 Å². The van der Waals surface area contributed by atoms with E-state index in [2.05, 4.69) is 40.4 Å². The van der Waals surface area contributed by atoms with Crippen molar-refractivity contribution in [1.29, 1.82) is 0 Å². The van der Waals surface area contributed by atoms with Crippen LogP contribution in [-0.4, -0.2) is 52.8 Å². The average molecular weight is 707 g/mol. The molecule has 3 aliphatic rings. The van der Waals surface area contributed by atoms with Crippen molar-refractivity contribution in [2.75, 3.05) is 29.3 Å². The van der Waals surface area contributed by atoms with Gasteiger partial charge in [-0.2, -0.15) is 4.98 Å². The number of urea groups is 1. The minimum absolute atomic E-state index is 0.0230. The highest BCUT2D eigenvalue weighted by Crippen LogP contribution is 2.48. The number of aromatic nitrogens is 3. The molecule has 2 aliphatic carbocycles. The summed E-state index contributed by atoms with van der Waals surface area (Å²) in [5, 5.41) is 6.79. The first-order valence-corrected chi connectivity index (χ1v) is 16.6. The first kappa shape index (κ1) is 34.1. The summed E-state index contributed by atoms with van der Waals surface area (Å²) in [5.74, 6) is 1.28. The zero-order valence-electron chi connectivity index (χ0n) is 27.4. The molecule has 1 saturated carbocycles. The summed E-state index contributed by atoms with van der Waals surface area (Å²) < 4.78 is 12.4. The van der Waals surface area contributed by atoms with E-state index in [9.17, 15) is 14.4 Å². The number of halogens is 2. The SMILES string of the molecule is C=CC(=O)NC1CCC(C2=CCC=C2)CC1Nc1ncc2c(n1)N(Cc1ccn(C)c(=O)c1)C(=O)N(c1c(Cl)c(OC)cc(OC)c1Cl)C2. The lowest BCUT2D eigenvalue weighted by Gasteiger charge is -2.38. The third kappa shape index (κ3) is 6.88. The van der Waals surface area contributed by atoms with Gasteiger partial charge in [-0.1, -0.05) is 48.0 Å². The number of nitrogens with zero attached hydrogens (tertiary/aromatic N) is 5. The lowest BCUT2D eigenvalue weighted by molar-refractivity contribution is -0.117. The number of carbonyl (C=O) groups is 2. The number of anilines is 3. The normalized spacial score (nSPS) is 20.1. The molecule has 0 saturated heterocycles. The van der Waals surface area contributed by atoms with Gasteiger partial charge in [-0.15, -0.1) is 0 Å². The Kier molecular flexibility index (Phi) is 9.98. The second-order valence-electron chi connectivity index (χ2n) is 12.2. The van der Waals surface area contributed by atoms with Gasteiger partial charge >= 0.3 is 6.03 Å². The highest BCUT2D eigenvalue weighted by atomic mass is 35.5. The summed E-state index contributed by atoms with van der Waals surface area (Å²) in [7, 11) is 4.57. The van der Waals surface area contributed by atoms with E-state index in [0.717, 1.165) is 25.7 Å². The van der Waals surface area contributed by atoms with E-state index in [1.807, 2.05) is 0 Å². The number of rotatable bonds is 10. The molecule has 49 heavy (non-hydrogen) atoms. The average Bonchev–Trinajstić information content (AvgIpc) is 3.64. The van der Waals surface area contributed by atoms with Gasteiger partial charge in [-0.25, -0.2) is 9.78 Å². The summed E-state index contributed by atoms with van der Waals surface area (Å²) in [6.45, 7) is 3.68. The van der Waals surface area contributed by atoms with Crippen molar-refractivity contribution in [3.05, 3.63) is 98.6 Å². The van der Waals surface area contributed by atoms with Crippen molar-refractivity contribution < 1.29 is 19.1 Å². The zero-order valence-corrected chi connectivity index (χ0v) is 28.9. The maximum Gasteiger partial charge on any atom is 0.330 e. The van der Waals surface area contributed by atoms with Crippen LogP contribution in [0.3, 0.4) is 0 Å². The molecule has 0 spiro atoms. The van der Waals surface area contributed by atoms with Crippen LogP contribution in [0.5, 0.6) is 11.5 Å². The molecule has 12 nitrogen and oxygen atoms in total. The third-order valence-electron chi connectivity index (χ3n) is 9.17. The Morgan fingerprint density at radius 3 is 2.53 bits per heavy atom. The van der Waals surface area contributed by atoms with Gasteiger partial charge in [0.2, 0.25) is 11.9 Å². The van der Waals surface area contributed by atoms with Crippen LogP contribution >= 0.6 is 23.2 Å². The maximum atomic E-state index is 14.5. The fourth-order valence-corrected chi connectivity index (χ4v) is 7.28. The number of methoxy groups -OCH3 is 2. The number of aryl methyl sites for hydroxylation is 1. The van der Waals surface area contributed by atoms with Crippen molar-refractivity contribution in [2.45, 2.75) is 50.9 Å². The Labute approximate surface area is 294 Å². The second-order valence-corrected chi connectivity index (χ2v) is 12.9. The lowest BCUT2D eigenvalue weighted by Crippen LogP contribution is -2.50. The first-order valence-electron chi connectivity index (χ1n) is 15.9. The van der Waals surface area contributed by atoms with Gasteiger partial charge in [-0.05, 0) is 54.9 Å². The van der Waals surface area contributed by atoms with Crippen molar-refractivity contribution in [3.63, 3.8) is 0 Å². The van der Waals surface area contributed by atoms with Crippen LogP contribution in [-0.2, 0) is 24.9 Å². The molecule has 3 heterocycles. The number of allylic oxidation sites excluding steroid dienone is 4. The van der Waals surface area contributed by atoms with E-state index < -0.39 is 6.03 Å². The topological polar surface area (TPSA) is 131 Å². The highest BCUT2D eigenvalue weighted by molar-refractivity contribution is 6.42. The molecule has 256 valence electrons. The number of amides is 3. The number of nitrogens with one attached hydrogen (secondary N) is 2. The van der Waals surface area contributed by atoms with Gasteiger partial charge in [0.05, 0.1) is 33.0 Å². The number of fused-ring (bicyclic) bond motifs is 1. The summed E-state index contributed by atoms with van der Waals surface area (Å²) in [4.78, 5) is 51.8. The predicted octanol–water partition coefficient (Wildman–Crippen LogP) is 5.78. The minimum atomic E-state index is -0.481. The smallest absolute Gasteiger partial charge is 0.330 e. The molecule has 6 rings (SSSR count). The van der Waals surface area contributed by atoms with Crippen LogP contribution in [0.15, 0.2) is 71.8 Å². The molecule has 3 atom stereocenters. The van der Waals surface area contributed by atoms with E-state index >= 15 is 0 Å². The minimum Gasteiger partial charge on any atom is -0.495 e. The van der Waals surface area contributed by atoms with Crippen molar-refractivity contribution >= 4 is 52.6 Å². The summed E-state index contributed by atoms with van der Waals surface area (Å²) in [6, 6.07) is 3.93. The van der Waals surface area contributed by atoms with Crippen LogP contribution in [0, 0.1) is 5.92 Å². The number of ether oxygens (including phenoxy) is 2. The van der Waals surface area contributed by atoms with Crippen LogP contribution in [0.25, 0.3) is 0 Å². The summed E-state index contributed by atoms with van der Waals surface area (Å²) >= 11 is 13.5. The molecule has 1 aliphatic heterocycles. The van der Waals surface area contributed by atoms with Gasteiger partial charge in [0.15, 0.2) is 0 Å². The van der Waals surface area contributed by atoms with Crippen LogP contribution in [0.2, 0.25) is 10.0 Å². The van der Waals surface area contributed by atoms with Gasteiger partial charge in [0, 0.05) is 49.2 Å². The van der Waals surface area contributed by atoms with Gasteiger partial charge < -0.3 is 24.7 Å². The number of hydrogen-bond acceptors (Lipinski definition) is 8. The first-order chi connectivity index (χ1) is 23.6. The van der Waals surface area contributed by atoms with Crippen LogP contribution in [0.1, 0.15) is 36.8 Å². The number of carbonyl (C=O) groups excluding carboxylic acids is 2. The third-order valence-corrected chi connectivity index (χ3v) is 9.90. The Balaban J connectivity index is 1.39. The van der Waals surface area contributed by atoms with E-state index in [1.165, 1.54) is 46.3 Å². The largest absolute Gasteiger partial charge is 0.495 e. The van der Waals surface area contributed by atoms with Crippen molar-refractivity contribution in [2.24, 2.45) is 13.0 Å². The fraction of sp³-hybridized carbons (Fsp3) is 0.343. The highest BCUT2D eigenvalue weighted by Gasteiger charge is 2.38. The van der Waals surface area contributed by atoms with E-state index in [4.69, 9.17) is 37.7 Å². The van der Waals surface area contributed by atoms with E-state index in [1.54, 1.807) is 31.6 Å². The molecule has 3 amide bonds. The number of benzene rings is 1. The number of pyridine rings is 1. The molecule has 2 aromatic heterocycles. The molecular weight excluding hydrogens is 669 g/mol. The molecule has 2 N–H and O–H groups in total. The zero-order chi connectivity index (χ0) is 34.8. The Morgan fingerprint density at radius 1 is 1.12 bits per heavy atom. The summed E-state index contributed by atoms with van der Waals surface area (Å²) in [5.41, 5.74) is 2.49. The Morgan fingerprint density at radius 2 is 1.88 bits per heavy atom. The second kappa shape index (κ2) is 14.4. The van der Waals surface area contributed by atoms with Crippen molar-refractivity contribution in [3.8, 4) is 11.5 Å². The molecular formula is C35H37Cl2N7O5. The van der Waals surface area contributed by atoms with Gasteiger partial charge in [0.1, 0.15) is 27.4 Å². The van der Waals surface area contributed by atoms with Crippen molar-refractivity contribution in [1.82, 2.24) is 19.9 Å². The molecule has 0 radical (unpaired) electrons. The fourth-order valence-electron chi connectivity index (χ4n) is 6.58. The Hall–Kier alpha value is -4.81. The summed E-state index contributed by atoms with van der Waals surface area (Å²) in [6.07, 6.45) is 14.5. The molecule has 14 heteroatoms. The molecule has 3 unspecified atom stereocenters. The van der Waals surface area contributed by atoms with E-state index in [0.29, 0.717) is 28.8 Å². The van der Waals surface area contributed by atoms with Gasteiger partial charge in [-0.3, -0.25) is 19.4 Å².